The first-order chi connectivity index (χ1) is 10.2. The Labute approximate surface area is 125 Å². The molecule has 21 heavy (non-hydrogen) atoms. The van der Waals surface area contributed by atoms with Gasteiger partial charge in [0.15, 0.2) is 0 Å². The molecule has 0 spiro atoms. The molecular formula is C17H22N2O2. The minimum atomic E-state index is -0.680. The number of nitrogens with zero attached hydrogens (tertiary/aromatic N) is 1. The summed E-state index contributed by atoms with van der Waals surface area (Å²) in [4.78, 5) is 14.2. The lowest BCUT2D eigenvalue weighted by Gasteiger charge is -2.28. The quantitative estimate of drug-likeness (QED) is 0.890. The molecule has 2 unspecified atom stereocenters. The number of carbonyl (C=O) groups is 1. The number of carboxylic acid groups (broad SMARTS) is 1. The average Bonchev–Trinajstić information content (AvgIpc) is 3.02. The van der Waals surface area contributed by atoms with Gasteiger partial charge >= 0.3 is 5.97 Å². The summed E-state index contributed by atoms with van der Waals surface area (Å²) in [5, 5.41) is 13.1. The summed E-state index contributed by atoms with van der Waals surface area (Å²) in [5.74, 6) is -0.659. The van der Waals surface area contributed by atoms with E-state index in [1.54, 1.807) is 0 Å². The Bertz CT molecular complexity index is 545. The number of carboxylic acids is 1. The van der Waals surface area contributed by atoms with Crippen molar-refractivity contribution in [1.29, 1.82) is 0 Å². The number of benzene rings is 1. The molecule has 4 nitrogen and oxygen atoms in total. The lowest BCUT2D eigenvalue weighted by atomic mass is 9.97. The molecule has 0 radical (unpaired) electrons. The number of fused-ring (bicyclic) bond motifs is 1. The van der Waals surface area contributed by atoms with Crippen LogP contribution in [0.5, 0.6) is 0 Å². The van der Waals surface area contributed by atoms with Crippen LogP contribution in [0, 0.1) is 0 Å². The summed E-state index contributed by atoms with van der Waals surface area (Å²) in [5.41, 5.74) is 2.13. The zero-order valence-corrected chi connectivity index (χ0v) is 12.2. The Kier molecular flexibility index (Phi) is 3.05. The summed E-state index contributed by atoms with van der Waals surface area (Å²) in [6.07, 6.45) is 4.76. The van der Waals surface area contributed by atoms with Crippen LogP contribution in [0.25, 0.3) is 0 Å². The molecule has 1 aromatic carbocycles. The van der Waals surface area contributed by atoms with Crippen LogP contribution in [0.15, 0.2) is 24.3 Å². The molecule has 1 heterocycles. The van der Waals surface area contributed by atoms with Crippen molar-refractivity contribution in [3.05, 3.63) is 35.4 Å². The van der Waals surface area contributed by atoms with E-state index in [1.165, 1.54) is 11.1 Å². The highest BCUT2D eigenvalue weighted by Crippen LogP contribution is 2.39. The molecule has 4 heteroatoms. The third-order valence-electron chi connectivity index (χ3n) is 5.34. The van der Waals surface area contributed by atoms with Crippen molar-refractivity contribution in [2.45, 2.75) is 62.8 Å². The normalized spacial score (nSPS) is 32.3. The molecule has 2 atom stereocenters. The Balaban J connectivity index is 1.47. The zero-order chi connectivity index (χ0) is 14.4. The highest BCUT2D eigenvalue weighted by Gasteiger charge is 2.49. The third-order valence-corrected chi connectivity index (χ3v) is 5.34. The minimum Gasteiger partial charge on any atom is -0.480 e. The van der Waals surface area contributed by atoms with Gasteiger partial charge in [0, 0.05) is 25.2 Å². The molecule has 2 N–H and O–H groups in total. The van der Waals surface area contributed by atoms with E-state index < -0.39 is 11.5 Å². The van der Waals surface area contributed by atoms with Gasteiger partial charge < -0.3 is 5.11 Å². The molecule has 1 aromatic rings. The second-order valence-electron chi connectivity index (χ2n) is 6.88. The van der Waals surface area contributed by atoms with Gasteiger partial charge in [-0.05, 0) is 43.2 Å². The van der Waals surface area contributed by atoms with E-state index >= 15 is 0 Å². The number of hydrogen-bond donors (Lipinski definition) is 2. The standard InChI is InChI=1S/C17H22N2O2/c20-16(21)17(18-14-5-6-14)8-7-15(9-17)19-10-12-3-1-2-4-13(12)11-19/h1-4,14-15,18H,5-11H2,(H,20,21). The monoisotopic (exact) mass is 286 g/mol. The Morgan fingerprint density at radius 3 is 2.43 bits per heavy atom. The Hall–Kier alpha value is -1.39. The molecule has 0 saturated heterocycles. The van der Waals surface area contributed by atoms with Crippen LogP contribution >= 0.6 is 0 Å². The SMILES string of the molecule is O=C(O)C1(NC2CC2)CCC(N2Cc3ccccc3C2)C1. The van der Waals surface area contributed by atoms with Gasteiger partial charge in [0.25, 0.3) is 0 Å². The second-order valence-corrected chi connectivity index (χ2v) is 6.88. The lowest BCUT2D eigenvalue weighted by Crippen LogP contribution is -2.52. The van der Waals surface area contributed by atoms with Gasteiger partial charge in [-0.25, -0.2) is 0 Å². The summed E-state index contributed by atoms with van der Waals surface area (Å²) < 4.78 is 0. The molecule has 3 aliphatic rings. The van der Waals surface area contributed by atoms with Crippen LogP contribution in [0.1, 0.15) is 43.2 Å². The van der Waals surface area contributed by atoms with E-state index in [9.17, 15) is 9.90 Å². The predicted molar refractivity (Wildman–Crippen MR) is 79.9 cm³/mol. The lowest BCUT2D eigenvalue weighted by molar-refractivity contribution is -0.145. The van der Waals surface area contributed by atoms with Crippen LogP contribution in [-0.4, -0.2) is 33.6 Å². The first-order valence-corrected chi connectivity index (χ1v) is 7.98. The topological polar surface area (TPSA) is 52.6 Å². The van der Waals surface area contributed by atoms with Crippen LogP contribution in [0.4, 0.5) is 0 Å². The molecular weight excluding hydrogens is 264 g/mol. The van der Waals surface area contributed by atoms with Gasteiger partial charge in [-0.2, -0.15) is 0 Å². The summed E-state index contributed by atoms with van der Waals surface area (Å²) in [6.45, 7) is 1.94. The number of hydrogen-bond acceptors (Lipinski definition) is 3. The van der Waals surface area contributed by atoms with Crippen molar-refractivity contribution >= 4 is 5.97 Å². The van der Waals surface area contributed by atoms with Gasteiger partial charge in [-0.3, -0.25) is 15.0 Å². The van der Waals surface area contributed by atoms with Gasteiger partial charge in [0.2, 0.25) is 0 Å². The fraction of sp³-hybridized carbons (Fsp3) is 0.588. The van der Waals surface area contributed by atoms with Crippen molar-refractivity contribution in [3.8, 4) is 0 Å². The minimum absolute atomic E-state index is 0.389. The average molecular weight is 286 g/mol. The molecule has 0 bridgehead atoms. The molecule has 4 rings (SSSR count). The second kappa shape index (κ2) is 4.82. The Morgan fingerprint density at radius 2 is 1.86 bits per heavy atom. The van der Waals surface area contributed by atoms with E-state index in [0.717, 1.165) is 45.2 Å². The maximum atomic E-state index is 11.8. The molecule has 112 valence electrons. The first kappa shape index (κ1) is 13.3. The maximum Gasteiger partial charge on any atom is 0.323 e. The van der Waals surface area contributed by atoms with Crippen molar-refractivity contribution in [2.24, 2.45) is 0 Å². The highest BCUT2D eigenvalue weighted by atomic mass is 16.4. The smallest absolute Gasteiger partial charge is 0.323 e. The van der Waals surface area contributed by atoms with E-state index in [4.69, 9.17) is 0 Å². The number of aliphatic carboxylic acids is 1. The summed E-state index contributed by atoms with van der Waals surface area (Å²) in [6, 6.07) is 9.39. The third kappa shape index (κ3) is 2.36. The van der Waals surface area contributed by atoms with Gasteiger partial charge in [-0.15, -0.1) is 0 Å². The Morgan fingerprint density at radius 1 is 1.19 bits per heavy atom. The van der Waals surface area contributed by atoms with Crippen LogP contribution in [0.2, 0.25) is 0 Å². The van der Waals surface area contributed by atoms with Crippen molar-refractivity contribution in [1.82, 2.24) is 10.2 Å². The van der Waals surface area contributed by atoms with E-state index in [-0.39, 0.29) is 0 Å². The van der Waals surface area contributed by atoms with E-state index in [1.807, 2.05) is 0 Å². The molecule has 2 saturated carbocycles. The summed E-state index contributed by atoms with van der Waals surface area (Å²) >= 11 is 0. The van der Waals surface area contributed by atoms with Crippen LogP contribution < -0.4 is 5.32 Å². The highest BCUT2D eigenvalue weighted by molar-refractivity contribution is 5.79. The van der Waals surface area contributed by atoms with E-state index in [2.05, 4.69) is 34.5 Å². The first-order valence-electron chi connectivity index (χ1n) is 7.98. The van der Waals surface area contributed by atoms with Gasteiger partial charge in [-0.1, -0.05) is 24.3 Å². The zero-order valence-electron chi connectivity index (χ0n) is 12.2. The van der Waals surface area contributed by atoms with E-state index in [0.29, 0.717) is 12.1 Å². The number of rotatable bonds is 4. The largest absolute Gasteiger partial charge is 0.480 e. The number of nitrogens with one attached hydrogen (secondary N) is 1. The van der Waals surface area contributed by atoms with Crippen LogP contribution in [0.3, 0.4) is 0 Å². The molecule has 2 fully saturated rings. The summed E-state index contributed by atoms with van der Waals surface area (Å²) in [7, 11) is 0. The maximum absolute atomic E-state index is 11.8. The van der Waals surface area contributed by atoms with Crippen molar-refractivity contribution in [3.63, 3.8) is 0 Å². The van der Waals surface area contributed by atoms with Crippen LogP contribution in [-0.2, 0) is 17.9 Å². The van der Waals surface area contributed by atoms with Crippen molar-refractivity contribution < 1.29 is 9.90 Å². The fourth-order valence-corrected chi connectivity index (χ4v) is 3.95. The fourth-order valence-electron chi connectivity index (χ4n) is 3.95. The molecule has 2 aliphatic carbocycles. The molecule has 1 aliphatic heterocycles. The molecule has 0 aromatic heterocycles. The van der Waals surface area contributed by atoms with Gasteiger partial charge in [0.1, 0.15) is 5.54 Å². The molecule has 0 amide bonds. The van der Waals surface area contributed by atoms with Crippen molar-refractivity contribution in [2.75, 3.05) is 0 Å². The predicted octanol–water partition coefficient (Wildman–Crippen LogP) is 2.13. The van der Waals surface area contributed by atoms with Gasteiger partial charge in [0.05, 0.1) is 0 Å².